The number of fused-ring (bicyclic) bond motifs is 1. The van der Waals surface area contributed by atoms with E-state index in [1.165, 1.54) is 0 Å². The summed E-state index contributed by atoms with van der Waals surface area (Å²) in [6.45, 7) is 4.09. The fraction of sp³-hybridized carbons (Fsp3) is 0.462. The highest BCUT2D eigenvalue weighted by atomic mass is 79.9. The van der Waals surface area contributed by atoms with Gasteiger partial charge in [-0.25, -0.2) is 0 Å². The highest BCUT2D eigenvalue weighted by molar-refractivity contribution is 9.10. The molecule has 2 aliphatic rings. The molecule has 1 aliphatic heterocycles. The fourth-order valence-electron chi connectivity index (χ4n) is 2.68. The van der Waals surface area contributed by atoms with E-state index in [2.05, 4.69) is 26.6 Å². The topological polar surface area (TPSA) is 41.1 Å². The number of carbonyl (C=O) groups is 1. The maximum Gasteiger partial charge on any atom is 0.252 e. The van der Waals surface area contributed by atoms with Gasteiger partial charge in [0.1, 0.15) is 0 Å². The molecule has 1 amide bonds. The van der Waals surface area contributed by atoms with Crippen LogP contribution in [0.15, 0.2) is 22.7 Å². The Kier molecular flexibility index (Phi) is 2.71. The molecular weight excluding hydrogens is 280 g/mol. The predicted molar refractivity (Wildman–Crippen MR) is 70.0 cm³/mol. The van der Waals surface area contributed by atoms with Crippen LogP contribution in [0, 0.1) is 18.8 Å². The Balaban J connectivity index is 1.72. The monoisotopic (exact) mass is 294 g/mol. The summed E-state index contributed by atoms with van der Waals surface area (Å²) in [4.78, 5) is 12.1. The average Bonchev–Trinajstić information content (AvgIpc) is 2.76. The molecule has 4 heteroatoms. The molecule has 0 radical (unpaired) electrons. The van der Waals surface area contributed by atoms with E-state index in [0.29, 0.717) is 17.9 Å². The zero-order chi connectivity index (χ0) is 12.0. The molecule has 3 rings (SSSR count). The molecule has 2 fully saturated rings. The molecule has 2 atom stereocenters. The molecule has 1 heterocycles. The molecule has 0 aromatic heterocycles. The first-order valence-electron chi connectivity index (χ1n) is 5.95. The van der Waals surface area contributed by atoms with Crippen LogP contribution in [-0.2, 0) is 0 Å². The third-order valence-electron chi connectivity index (χ3n) is 3.83. The van der Waals surface area contributed by atoms with Crippen LogP contribution in [0.3, 0.4) is 0 Å². The maximum absolute atomic E-state index is 12.1. The van der Waals surface area contributed by atoms with Crippen molar-refractivity contribution in [3.05, 3.63) is 33.8 Å². The van der Waals surface area contributed by atoms with Crippen molar-refractivity contribution in [3.8, 4) is 0 Å². The van der Waals surface area contributed by atoms with E-state index in [9.17, 15) is 4.79 Å². The Labute approximate surface area is 109 Å². The normalized spacial score (nSPS) is 29.9. The minimum Gasteiger partial charge on any atom is -0.349 e. The van der Waals surface area contributed by atoms with Gasteiger partial charge in [0.05, 0.1) is 5.56 Å². The summed E-state index contributed by atoms with van der Waals surface area (Å²) in [6.07, 6.45) is 0. The van der Waals surface area contributed by atoms with Gasteiger partial charge in [-0.15, -0.1) is 0 Å². The van der Waals surface area contributed by atoms with E-state index in [4.69, 9.17) is 0 Å². The Morgan fingerprint density at radius 3 is 2.82 bits per heavy atom. The van der Waals surface area contributed by atoms with E-state index in [-0.39, 0.29) is 5.91 Å². The molecule has 2 unspecified atom stereocenters. The molecule has 17 heavy (non-hydrogen) atoms. The van der Waals surface area contributed by atoms with Crippen LogP contribution >= 0.6 is 15.9 Å². The number of nitrogens with one attached hydrogen (secondary N) is 2. The van der Waals surface area contributed by atoms with Crippen molar-refractivity contribution in [2.45, 2.75) is 13.0 Å². The lowest BCUT2D eigenvalue weighted by Crippen LogP contribution is -2.32. The Morgan fingerprint density at radius 2 is 2.12 bits per heavy atom. The fourth-order valence-corrected chi connectivity index (χ4v) is 3.13. The van der Waals surface area contributed by atoms with Crippen molar-refractivity contribution in [1.29, 1.82) is 0 Å². The van der Waals surface area contributed by atoms with Crippen molar-refractivity contribution in [3.63, 3.8) is 0 Å². The molecule has 0 bridgehead atoms. The number of hydrogen-bond donors (Lipinski definition) is 2. The summed E-state index contributed by atoms with van der Waals surface area (Å²) >= 11 is 3.48. The van der Waals surface area contributed by atoms with Crippen LogP contribution in [-0.4, -0.2) is 25.0 Å². The minimum atomic E-state index is 0.0416. The smallest absolute Gasteiger partial charge is 0.252 e. The van der Waals surface area contributed by atoms with Gasteiger partial charge in [0, 0.05) is 23.6 Å². The second-order valence-electron chi connectivity index (χ2n) is 4.92. The molecule has 0 spiro atoms. The molecular formula is C13H15BrN2O. The van der Waals surface area contributed by atoms with Gasteiger partial charge in [0.2, 0.25) is 0 Å². The number of hydrogen-bond acceptors (Lipinski definition) is 2. The molecule has 1 saturated heterocycles. The lowest BCUT2D eigenvalue weighted by Gasteiger charge is -2.10. The number of halogens is 1. The quantitative estimate of drug-likeness (QED) is 0.872. The average molecular weight is 295 g/mol. The van der Waals surface area contributed by atoms with Crippen LogP contribution in [0.4, 0.5) is 0 Å². The van der Waals surface area contributed by atoms with E-state index in [0.717, 1.165) is 28.7 Å². The summed E-state index contributed by atoms with van der Waals surface area (Å²) in [5.41, 5.74) is 1.83. The van der Waals surface area contributed by atoms with E-state index < -0.39 is 0 Å². The summed E-state index contributed by atoms with van der Waals surface area (Å²) in [6, 6.07) is 6.17. The van der Waals surface area contributed by atoms with Crippen molar-refractivity contribution in [2.24, 2.45) is 11.8 Å². The number of rotatable bonds is 2. The summed E-state index contributed by atoms with van der Waals surface area (Å²) < 4.78 is 0.904. The van der Waals surface area contributed by atoms with Crippen LogP contribution in [0.2, 0.25) is 0 Å². The van der Waals surface area contributed by atoms with E-state index in [1.54, 1.807) is 0 Å². The highest BCUT2D eigenvalue weighted by Gasteiger charge is 2.53. The maximum atomic E-state index is 12.1. The standard InChI is InChI=1S/C13H15BrN2O/c1-7-3-2-4-8(11(7)14)13(17)16-12-9-5-15-6-10(9)12/h2-4,9-10,12,15H,5-6H2,1H3,(H,16,17). The largest absolute Gasteiger partial charge is 0.349 e. The SMILES string of the molecule is Cc1cccc(C(=O)NC2C3CNCC32)c1Br. The van der Waals surface area contributed by atoms with Gasteiger partial charge in [-0.05, 0) is 46.3 Å². The number of benzene rings is 1. The molecule has 1 aromatic rings. The third kappa shape index (κ3) is 1.89. The zero-order valence-electron chi connectivity index (χ0n) is 9.66. The second-order valence-corrected chi connectivity index (χ2v) is 5.71. The molecule has 1 aromatic carbocycles. The minimum absolute atomic E-state index is 0.0416. The van der Waals surface area contributed by atoms with Gasteiger partial charge in [-0.1, -0.05) is 12.1 Å². The van der Waals surface area contributed by atoms with Gasteiger partial charge < -0.3 is 10.6 Å². The number of amides is 1. The lowest BCUT2D eigenvalue weighted by molar-refractivity contribution is 0.0945. The van der Waals surface area contributed by atoms with Gasteiger partial charge in [-0.3, -0.25) is 4.79 Å². The molecule has 1 saturated carbocycles. The summed E-state index contributed by atoms with van der Waals surface area (Å²) in [7, 11) is 0. The van der Waals surface area contributed by atoms with Gasteiger partial charge >= 0.3 is 0 Å². The first kappa shape index (κ1) is 11.2. The van der Waals surface area contributed by atoms with Crippen molar-refractivity contribution < 1.29 is 4.79 Å². The Morgan fingerprint density at radius 1 is 1.41 bits per heavy atom. The molecule has 1 aliphatic carbocycles. The Hall–Kier alpha value is -0.870. The third-order valence-corrected chi connectivity index (χ3v) is 4.88. The van der Waals surface area contributed by atoms with Crippen LogP contribution in [0.5, 0.6) is 0 Å². The van der Waals surface area contributed by atoms with E-state index in [1.807, 2.05) is 25.1 Å². The number of piperidine rings is 1. The van der Waals surface area contributed by atoms with E-state index >= 15 is 0 Å². The number of carbonyl (C=O) groups excluding carboxylic acids is 1. The van der Waals surface area contributed by atoms with Gasteiger partial charge in [0.25, 0.3) is 5.91 Å². The predicted octanol–water partition coefficient (Wildman–Crippen LogP) is 1.71. The van der Waals surface area contributed by atoms with Crippen molar-refractivity contribution in [2.75, 3.05) is 13.1 Å². The summed E-state index contributed by atoms with van der Waals surface area (Å²) in [5.74, 6) is 1.35. The molecule has 3 nitrogen and oxygen atoms in total. The van der Waals surface area contributed by atoms with Crippen molar-refractivity contribution in [1.82, 2.24) is 10.6 Å². The summed E-state index contributed by atoms with van der Waals surface area (Å²) in [5, 5.41) is 6.46. The first-order valence-corrected chi connectivity index (χ1v) is 6.74. The first-order chi connectivity index (χ1) is 8.18. The lowest BCUT2D eigenvalue weighted by atomic mass is 10.1. The van der Waals surface area contributed by atoms with Gasteiger partial charge in [-0.2, -0.15) is 0 Å². The second kappa shape index (κ2) is 4.10. The highest BCUT2D eigenvalue weighted by Crippen LogP contribution is 2.41. The molecule has 2 N–H and O–H groups in total. The number of aryl methyl sites for hydroxylation is 1. The zero-order valence-corrected chi connectivity index (χ0v) is 11.3. The Bertz CT molecular complexity index is 464. The van der Waals surface area contributed by atoms with Crippen LogP contribution < -0.4 is 10.6 Å². The van der Waals surface area contributed by atoms with Gasteiger partial charge in [0.15, 0.2) is 0 Å². The van der Waals surface area contributed by atoms with Crippen LogP contribution in [0.1, 0.15) is 15.9 Å². The van der Waals surface area contributed by atoms with Crippen LogP contribution in [0.25, 0.3) is 0 Å². The molecule has 90 valence electrons. The van der Waals surface area contributed by atoms with Crippen molar-refractivity contribution >= 4 is 21.8 Å².